The van der Waals surface area contributed by atoms with E-state index in [4.69, 9.17) is 4.84 Å². The molecule has 13 heavy (non-hydrogen) atoms. The standard InChI is InChI=1S/C8H16N2O2.ClH/c1-3-8(11)12-10-6-4-9(2)5-7-10;/h3-7H2,1-2H3;1H. The zero-order valence-electron chi connectivity index (χ0n) is 8.15. The summed E-state index contributed by atoms with van der Waals surface area (Å²) in [4.78, 5) is 18.2. The van der Waals surface area contributed by atoms with Crippen LogP contribution < -0.4 is 0 Å². The van der Waals surface area contributed by atoms with Gasteiger partial charge in [0.1, 0.15) is 0 Å². The lowest BCUT2D eigenvalue weighted by Crippen LogP contribution is -2.45. The molecule has 1 saturated heterocycles. The van der Waals surface area contributed by atoms with Crippen LogP contribution in [0, 0.1) is 0 Å². The fourth-order valence-electron chi connectivity index (χ4n) is 1.09. The third-order valence-corrected chi connectivity index (χ3v) is 1.98. The fraction of sp³-hybridized carbons (Fsp3) is 0.875. The number of likely N-dealkylation sites (N-methyl/N-ethyl adjacent to an activating group) is 1. The van der Waals surface area contributed by atoms with E-state index in [1.165, 1.54) is 0 Å². The number of hydroxylamine groups is 2. The molecule has 0 bridgehead atoms. The Balaban J connectivity index is 0.00000144. The van der Waals surface area contributed by atoms with Crippen molar-refractivity contribution >= 4 is 18.4 Å². The number of rotatable bonds is 2. The quantitative estimate of drug-likeness (QED) is 0.663. The molecule has 1 fully saturated rings. The van der Waals surface area contributed by atoms with Gasteiger partial charge in [-0.25, -0.2) is 0 Å². The van der Waals surface area contributed by atoms with Crippen LogP contribution >= 0.6 is 12.4 Å². The highest BCUT2D eigenvalue weighted by molar-refractivity contribution is 5.85. The average Bonchev–Trinajstić information content (AvgIpc) is 2.09. The Bertz CT molecular complexity index is 158. The van der Waals surface area contributed by atoms with Gasteiger partial charge in [-0.1, -0.05) is 6.92 Å². The Labute approximate surface area is 85.2 Å². The normalized spacial score (nSPS) is 19.2. The molecule has 1 rings (SSSR count). The van der Waals surface area contributed by atoms with Crippen molar-refractivity contribution in [3.8, 4) is 0 Å². The zero-order chi connectivity index (χ0) is 8.97. The van der Waals surface area contributed by atoms with E-state index in [1.807, 2.05) is 0 Å². The predicted molar refractivity (Wildman–Crippen MR) is 52.7 cm³/mol. The lowest BCUT2D eigenvalue weighted by molar-refractivity contribution is -0.196. The van der Waals surface area contributed by atoms with Gasteiger partial charge < -0.3 is 9.74 Å². The second-order valence-electron chi connectivity index (χ2n) is 3.05. The molecular weight excluding hydrogens is 192 g/mol. The molecule has 0 spiro atoms. The molecule has 0 N–H and O–H groups in total. The van der Waals surface area contributed by atoms with Crippen LogP contribution in [-0.4, -0.2) is 49.2 Å². The summed E-state index contributed by atoms with van der Waals surface area (Å²) in [5.74, 6) is -0.139. The molecular formula is C8H17ClN2O2. The molecule has 0 unspecified atom stereocenters. The van der Waals surface area contributed by atoms with Crippen LogP contribution in [0.4, 0.5) is 0 Å². The number of nitrogens with zero attached hydrogens (tertiary/aromatic N) is 2. The van der Waals surface area contributed by atoms with E-state index in [-0.39, 0.29) is 18.4 Å². The van der Waals surface area contributed by atoms with Crippen molar-refractivity contribution in [2.75, 3.05) is 33.2 Å². The molecule has 5 heteroatoms. The first kappa shape index (κ1) is 12.7. The van der Waals surface area contributed by atoms with Gasteiger partial charge in [0.2, 0.25) is 0 Å². The molecule has 78 valence electrons. The summed E-state index contributed by atoms with van der Waals surface area (Å²) in [6.07, 6.45) is 0.451. The van der Waals surface area contributed by atoms with Crippen molar-refractivity contribution in [2.45, 2.75) is 13.3 Å². The monoisotopic (exact) mass is 208 g/mol. The molecule has 0 saturated carbocycles. The van der Waals surface area contributed by atoms with Gasteiger partial charge >= 0.3 is 5.97 Å². The largest absolute Gasteiger partial charge is 0.368 e. The van der Waals surface area contributed by atoms with Gasteiger partial charge in [-0.3, -0.25) is 4.79 Å². The third kappa shape index (κ3) is 4.45. The molecule has 0 aromatic rings. The molecule has 4 nitrogen and oxygen atoms in total. The average molecular weight is 209 g/mol. The zero-order valence-corrected chi connectivity index (χ0v) is 8.97. The van der Waals surface area contributed by atoms with Crippen molar-refractivity contribution in [2.24, 2.45) is 0 Å². The summed E-state index contributed by atoms with van der Waals surface area (Å²) in [5, 5.41) is 1.74. The summed E-state index contributed by atoms with van der Waals surface area (Å²) >= 11 is 0. The summed E-state index contributed by atoms with van der Waals surface area (Å²) in [5.41, 5.74) is 0. The smallest absolute Gasteiger partial charge is 0.324 e. The van der Waals surface area contributed by atoms with Crippen molar-refractivity contribution in [3.05, 3.63) is 0 Å². The van der Waals surface area contributed by atoms with Crippen LogP contribution in [0.3, 0.4) is 0 Å². The maximum atomic E-state index is 10.9. The number of halogens is 1. The molecule has 1 heterocycles. The Hall–Kier alpha value is -0.320. The first-order chi connectivity index (χ1) is 5.72. The molecule has 1 aliphatic heterocycles. The van der Waals surface area contributed by atoms with Crippen LogP contribution in [0.5, 0.6) is 0 Å². The van der Waals surface area contributed by atoms with Crippen molar-refractivity contribution in [3.63, 3.8) is 0 Å². The summed E-state index contributed by atoms with van der Waals surface area (Å²) in [7, 11) is 2.07. The van der Waals surface area contributed by atoms with Gasteiger partial charge in [-0.15, -0.1) is 17.5 Å². The molecule has 1 aliphatic rings. The van der Waals surface area contributed by atoms with E-state index in [0.29, 0.717) is 6.42 Å². The van der Waals surface area contributed by atoms with Crippen molar-refractivity contribution < 1.29 is 9.63 Å². The van der Waals surface area contributed by atoms with E-state index in [9.17, 15) is 4.79 Å². The van der Waals surface area contributed by atoms with Crippen molar-refractivity contribution in [1.29, 1.82) is 0 Å². The summed E-state index contributed by atoms with van der Waals surface area (Å²) in [6.45, 7) is 5.39. The van der Waals surface area contributed by atoms with Gasteiger partial charge in [0.25, 0.3) is 0 Å². The van der Waals surface area contributed by atoms with Crippen LogP contribution in [0.1, 0.15) is 13.3 Å². The molecule has 0 radical (unpaired) electrons. The van der Waals surface area contributed by atoms with Crippen LogP contribution in [0.25, 0.3) is 0 Å². The first-order valence-corrected chi connectivity index (χ1v) is 4.36. The Morgan fingerprint density at radius 3 is 2.31 bits per heavy atom. The summed E-state index contributed by atoms with van der Waals surface area (Å²) < 4.78 is 0. The minimum atomic E-state index is -0.139. The van der Waals surface area contributed by atoms with E-state index in [1.54, 1.807) is 12.0 Å². The fourth-order valence-corrected chi connectivity index (χ4v) is 1.09. The van der Waals surface area contributed by atoms with Crippen LogP contribution in [-0.2, 0) is 9.63 Å². The highest BCUT2D eigenvalue weighted by atomic mass is 35.5. The Morgan fingerprint density at radius 2 is 1.85 bits per heavy atom. The van der Waals surface area contributed by atoms with Gasteiger partial charge in [0.15, 0.2) is 0 Å². The Kier molecular flexibility index (Phi) is 6.03. The first-order valence-electron chi connectivity index (χ1n) is 4.36. The third-order valence-electron chi connectivity index (χ3n) is 1.98. The van der Waals surface area contributed by atoms with Gasteiger partial charge in [0.05, 0.1) is 0 Å². The topological polar surface area (TPSA) is 32.8 Å². The van der Waals surface area contributed by atoms with Crippen LogP contribution in [0.2, 0.25) is 0 Å². The molecule has 0 amide bonds. The van der Waals surface area contributed by atoms with Gasteiger partial charge in [-0.05, 0) is 7.05 Å². The molecule has 0 aliphatic carbocycles. The molecule has 0 aromatic carbocycles. The van der Waals surface area contributed by atoms with Crippen molar-refractivity contribution in [1.82, 2.24) is 9.96 Å². The Morgan fingerprint density at radius 1 is 1.31 bits per heavy atom. The molecule has 0 aromatic heterocycles. The number of carbonyl (C=O) groups is 1. The second-order valence-corrected chi connectivity index (χ2v) is 3.05. The number of hydrogen-bond acceptors (Lipinski definition) is 4. The highest BCUT2D eigenvalue weighted by Crippen LogP contribution is 2.00. The maximum Gasteiger partial charge on any atom is 0.324 e. The van der Waals surface area contributed by atoms with Gasteiger partial charge in [0, 0.05) is 32.6 Å². The number of hydrogen-bond donors (Lipinski definition) is 0. The second kappa shape index (κ2) is 6.18. The minimum Gasteiger partial charge on any atom is -0.368 e. The lowest BCUT2D eigenvalue weighted by atomic mass is 10.4. The van der Waals surface area contributed by atoms with E-state index in [2.05, 4.69) is 11.9 Å². The van der Waals surface area contributed by atoms with Gasteiger partial charge in [-0.2, -0.15) is 0 Å². The number of piperazine rings is 1. The molecule has 0 atom stereocenters. The number of carbonyl (C=O) groups excluding carboxylic acids is 1. The minimum absolute atomic E-state index is 0. The predicted octanol–water partition coefficient (Wildman–Crippen LogP) is 0.524. The lowest BCUT2D eigenvalue weighted by Gasteiger charge is -2.30. The van der Waals surface area contributed by atoms with E-state index < -0.39 is 0 Å². The highest BCUT2D eigenvalue weighted by Gasteiger charge is 2.16. The SMILES string of the molecule is CCC(=O)ON1CCN(C)CC1.Cl. The maximum absolute atomic E-state index is 10.9. The van der Waals surface area contributed by atoms with Crippen LogP contribution in [0.15, 0.2) is 0 Å². The van der Waals surface area contributed by atoms with E-state index >= 15 is 0 Å². The van der Waals surface area contributed by atoms with E-state index in [0.717, 1.165) is 26.2 Å². The summed E-state index contributed by atoms with van der Waals surface area (Å²) in [6, 6.07) is 0.